The van der Waals surface area contributed by atoms with Gasteiger partial charge >= 0.3 is 5.82 Å². The van der Waals surface area contributed by atoms with E-state index in [9.17, 15) is 19.7 Å². The molecule has 1 N–H and O–H groups in total. The van der Waals surface area contributed by atoms with Crippen LogP contribution in [0, 0.1) is 17.0 Å². The molecule has 2 heterocycles. The Morgan fingerprint density at radius 2 is 2.00 bits per heavy atom. The number of amides is 2. The molecule has 0 radical (unpaired) electrons. The van der Waals surface area contributed by atoms with Crippen molar-refractivity contribution in [1.29, 1.82) is 0 Å². The van der Waals surface area contributed by atoms with E-state index in [-0.39, 0.29) is 11.6 Å². The molecule has 0 aliphatic carbocycles. The predicted octanol–water partition coefficient (Wildman–Crippen LogP) is 2.83. The van der Waals surface area contributed by atoms with Gasteiger partial charge in [-0.3, -0.25) is 14.5 Å². The predicted molar refractivity (Wildman–Crippen MR) is 102 cm³/mol. The third-order valence-electron chi connectivity index (χ3n) is 4.48. The smallest absolute Gasteiger partial charge is 0.366 e. The lowest BCUT2D eigenvalue weighted by atomic mass is 10.1. The van der Waals surface area contributed by atoms with Crippen molar-refractivity contribution in [2.75, 3.05) is 10.2 Å². The fourth-order valence-electron chi connectivity index (χ4n) is 2.89. The van der Waals surface area contributed by atoms with Gasteiger partial charge in [-0.15, -0.1) is 0 Å². The molecule has 9 nitrogen and oxygen atoms in total. The number of hydrogen-bond acceptors (Lipinski definition) is 6. The molecule has 2 atom stereocenters. The Kier molecular flexibility index (Phi) is 5.25. The van der Waals surface area contributed by atoms with E-state index in [4.69, 9.17) is 4.74 Å². The van der Waals surface area contributed by atoms with Crippen molar-refractivity contribution >= 4 is 29.1 Å². The molecule has 1 aliphatic heterocycles. The van der Waals surface area contributed by atoms with E-state index in [1.54, 1.807) is 26.0 Å². The van der Waals surface area contributed by atoms with Crippen LogP contribution in [0.2, 0.25) is 0 Å². The lowest BCUT2D eigenvalue weighted by Crippen LogP contribution is -2.53. The van der Waals surface area contributed by atoms with Crippen LogP contribution in [0.3, 0.4) is 0 Å². The zero-order chi connectivity index (χ0) is 20.4. The second kappa shape index (κ2) is 7.63. The van der Waals surface area contributed by atoms with Crippen LogP contribution in [0.4, 0.5) is 17.3 Å². The molecule has 0 saturated heterocycles. The number of nitrogens with one attached hydrogen (secondary N) is 1. The van der Waals surface area contributed by atoms with Gasteiger partial charge < -0.3 is 20.2 Å². The van der Waals surface area contributed by atoms with E-state index in [1.165, 1.54) is 17.0 Å². The number of carbonyl (C=O) groups is 2. The van der Waals surface area contributed by atoms with Crippen LogP contribution in [-0.2, 0) is 9.59 Å². The number of nitro groups is 1. The summed E-state index contributed by atoms with van der Waals surface area (Å²) >= 11 is 0. The molecular formula is C19H20N4O5. The maximum Gasteiger partial charge on any atom is 0.366 e. The number of hydrogen-bond donors (Lipinski definition) is 1. The zero-order valence-electron chi connectivity index (χ0n) is 15.7. The second-order valence-electron chi connectivity index (χ2n) is 6.50. The molecular weight excluding hydrogens is 364 g/mol. The topological polar surface area (TPSA) is 115 Å². The molecule has 3 rings (SSSR count). The van der Waals surface area contributed by atoms with E-state index in [2.05, 4.69) is 10.3 Å². The third-order valence-corrected chi connectivity index (χ3v) is 4.48. The Morgan fingerprint density at radius 1 is 1.32 bits per heavy atom. The summed E-state index contributed by atoms with van der Waals surface area (Å²) in [5.41, 5.74) is 1.63. The lowest BCUT2D eigenvalue weighted by molar-refractivity contribution is -0.389. The summed E-state index contributed by atoms with van der Waals surface area (Å²) in [5, 5.41) is 13.8. The molecule has 146 valence electrons. The van der Waals surface area contributed by atoms with Crippen LogP contribution in [0.5, 0.6) is 5.75 Å². The second-order valence-corrected chi connectivity index (χ2v) is 6.50. The number of rotatable bonds is 5. The average Bonchev–Trinajstić information content (AvgIpc) is 2.68. The summed E-state index contributed by atoms with van der Waals surface area (Å²) in [6, 6.07) is 8.88. The number of anilines is 2. The highest BCUT2D eigenvalue weighted by atomic mass is 16.6. The van der Waals surface area contributed by atoms with Gasteiger partial charge in [0.05, 0.1) is 0 Å². The Hall–Kier alpha value is -3.49. The van der Waals surface area contributed by atoms with E-state index in [1.807, 2.05) is 19.1 Å². The standard InChI is InChI=1S/C19H20N4O5/c1-4-14-19(25)22(17-15(28-14)9-10-16(21-17)23(26)27)12(3)18(24)20-13-7-5-11(2)6-8-13/h5-10,12,14H,4H2,1-3H3,(H,20,24). The fraction of sp³-hybridized carbons (Fsp3) is 0.316. The molecule has 2 aromatic rings. The maximum atomic E-state index is 12.9. The molecule has 1 aromatic carbocycles. The van der Waals surface area contributed by atoms with Gasteiger partial charge in [0, 0.05) is 11.8 Å². The highest BCUT2D eigenvalue weighted by Crippen LogP contribution is 2.36. The van der Waals surface area contributed by atoms with Crippen molar-refractivity contribution in [3.63, 3.8) is 0 Å². The van der Waals surface area contributed by atoms with Gasteiger partial charge in [-0.25, -0.2) is 0 Å². The van der Waals surface area contributed by atoms with Crippen molar-refractivity contribution in [3.05, 3.63) is 52.1 Å². The first-order valence-electron chi connectivity index (χ1n) is 8.84. The van der Waals surface area contributed by atoms with Crippen LogP contribution in [-0.4, -0.2) is 33.9 Å². The molecule has 0 bridgehead atoms. The quantitative estimate of drug-likeness (QED) is 0.626. The molecule has 1 aromatic heterocycles. The Balaban J connectivity index is 1.94. The normalized spacial score (nSPS) is 16.8. The number of aromatic nitrogens is 1. The summed E-state index contributed by atoms with van der Waals surface area (Å²) in [5.74, 6) is -1.13. The minimum Gasteiger partial charge on any atom is -0.474 e. The molecule has 28 heavy (non-hydrogen) atoms. The lowest BCUT2D eigenvalue weighted by Gasteiger charge is -2.33. The van der Waals surface area contributed by atoms with Crippen molar-refractivity contribution in [2.24, 2.45) is 0 Å². The van der Waals surface area contributed by atoms with Gasteiger partial charge in [-0.1, -0.05) is 24.6 Å². The number of nitrogens with zero attached hydrogens (tertiary/aromatic N) is 3. The third kappa shape index (κ3) is 3.64. The van der Waals surface area contributed by atoms with Gasteiger partial charge in [0.25, 0.3) is 11.7 Å². The Bertz CT molecular complexity index is 928. The molecule has 1 aliphatic rings. The molecule has 2 unspecified atom stereocenters. The summed E-state index contributed by atoms with van der Waals surface area (Å²) in [4.78, 5) is 41.1. The Morgan fingerprint density at radius 3 is 2.61 bits per heavy atom. The SMILES string of the molecule is CCC1Oc2ccc([N+](=O)[O-])nc2N(C(C)C(=O)Nc2ccc(C)cc2)C1=O. The Labute approximate surface area is 161 Å². The first-order valence-corrected chi connectivity index (χ1v) is 8.84. The maximum absolute atomic E-state index is 12.9. The van der Waals surface area contributed by atoms with Gasteiger partial charge in [-0.05, 0) is 48.4 Å². The molecule has 0 fully saturated rings. The van der Waals surface area contributed by atoms with Crippen LogP contribution >= 0.6 is 0 Å². The van der Waals surface area contributed by atoms with E-state index < -0.39 is 34.7 Å². The van der Waals surface area contributed by atoms with E-state index in [0.29, 0.717) is 12.1 Å². The molecule has 0 spiro atoms. The van der Waals surface area contributed by atoms with Crippen molar-refractivity contribution in [3.8, 4) is 5.75 Å². The average molecular weight is 384 g/mol. The summed E-state index contributed by atoms with van der Waals surface area (Å²) in [7, 11) is 0. The number of fused-ring (bicyclic) bond motifs is 1. The largest absolute Gasteiger partial charge is 0.474 e. The van der Waals surface area contributed by atoms with Gasteiger partial charge in [0.2, 0.25) is 5.91 Å². The minimum absolute atomic E-state index is 0.0320. The number of benzene rings is 1. The number of pyridine rings is 1. The summed E-state index contributed by atoms with van der Waals surface area (Å²) < 4.78 is 5.61. The number of carbonyl (C=O) groups excluding carboxylic acids is 2. The van der Waals surface area contributed by atoms with Crippen LogP contribution < -0.4 is 15.0 Å². The van der Waals surface area contributed by atoms with Gasteiger partial charge in [-0.2, -0.15) is 0 Å². The van der Waals surface area contributed by atoms with Crippen molar-refractivity contribution in [2.45, 2.75) is 39.3 Å². The molecule has 9 heteroatoms. The highest BCUT2D eigenvalue weighted by Gasteiger charge is 2.42. The molecule has 0 saturated carbocycles. The highest BCUT2D eigenvalue weighted by molar-refractivity contribution is 6.07. The summed E-state index contributed by atoms with van der Waals surface area (Å²) in [6.45, 7) is 5.26. The van der Waals surface area contributed by atoms with E-state index in [0.717, 1.165) is 5.56 Å². The first kappa shape index (κ1) is 19.3. The van der Waals surface area contributed by atoms with Gasteiger partial charge in [0.1, 0.15) is 6.04 Å². The van der Waals surface area contributed by atoms with Crippen molar-refractivity contribution in [1.82, 2.24) is 4.98 Å². The first-order chi connectivity index (χ1) is 13.3. The van der Waals surface area contributed by atoms with E-state index >= 15 is 0 Å². The van der Waals surface area contributed by atoms with Crippen molar-refractivity contribution < 1.29 is 19.2 Å². The van der Waals surface area contributed by atoms with Gasteiger partial charge in [0.15, 0.2) is 11.9 Å². The number of ether oxygens (including phenoxy) is 1. The van der Waals surface area contributed by atoms with Crippen LogP contribution in [0.25, 0.3) is 0 Å². The van der Waals surface area contributed by atoms with Crippen LogP contribution in [0.1, 0.15) is 25.8 Å². The molecule has 2 amide bonds. The van der Waals surface area contributed by atoms with Crippen LogP contribution in [0.15, 0.2) is 36.4 Å². The minimum atomic E-state index is -0.944. The zero-order valence-corrected chi connectivity index (χ0v) is 15.7. The fourth-order valence-corrected chi connectivity index (χ4v) is 2.89. The monoisotopic (exact) mass is 384 g/mol. The number of aryl methyl sites for hydroxylation is 1. The summed E-state index contributed by atoms with van der Waals surface area (Å²) in [6.07, 6.45) is -0.400.